The third kappa shape index (κ3) is 5.69. The zero-order valence-electron chi connectivity index (χ0n) is 16.3. The van der Waals surface area contributed by atoms with Crippen LogP contribution in [0.5, 0.6) is 5.75 Å². The van der Waals surface area contributed by atoms with Crippen LogP contribution in [0.1, 0.15) is 21.5 Å². The summed E-state index contributed by atoms with van der Waals surface area (Å²) in [4.78, 5) is 12.6. The Bertz CT molecular complexity index is 1130. The molecule has 0 radical (unpaired) electrons. The molecule has 30 heavy (non-hydrogen) atoms. The summed E-state index contributed by atoms with van der Waals surface area (Å²) in [6, 6.07) is 20.7. The van der Waals surface area contributed by atoms with E-state index in [2.05, 4.69) is 26.0 Å². The fraction of sp³-hybridized carbons (Fsp3) is 0.136. The maximum absolute atomic E-state index is 12.6. The summed E-state index contributed by atoms with van der Waals surface area (Å²) in [5.74, 6) is 0.275. The lowest BCUT2D eigenvalue weighted by molar-refractivity contribution is 0.0950. The Hall–Kier alpha value is -2.68. The second-order valence-electron chi connectivity index (χ2n) is 6.48. The Morgan fingerprint density at radius 3 is 2.47 bits per heavy atom. The highest BCUT2D eigenvalue weighted by Gasteiger charge is 2.16. The van der Waals surface area contributed by atoms with E-state index in [1.807, 2.05) is 42.5 Å². The van der Waals surface area contributed by atoms with Gasteiger partial charge in [-0.2, -0.15) is 0 Å². The highest BCUT2D eigenvalue weighted by Crippen LogP contribution is 2.23. The molecule has 3 aromatic carbocycles. The van der Waals surface area contributed by atoms with Crippen LogP contribution in [-0.2, 0) is 23.1 Å². The van der Waals surface area contributed by atoms with E-state index >= 15 is 0 Å². The molecule has 3 aromatic rings. The topological polar surface area (TPSA) is 84.5 Å². The van der Waals surface area contributed by atoms with Gasteiger partial charge in [-0.1, -0.05) is 52.3 Å². The Kier molecular flexibility index (Phi) is 7.25. The first-order valence-corrected chi connectivity index (χ1v) is 11.4. The van der Waals surface area contributed by atoms with Gasteiger partial charge in [0.25, 0.3) is 5.91 Å². The van der Waals surface area contributed by atoms with Crippen LogP contribution in [0, 0.1) is 0 Å². The molecule has 0 heterocycles. The number of benzene rings is 3. The molecule has 0 fully saturated rings. The van der Waals surface area contributed by atoms with Crippen molar-refractivity contribution in [1.82, 2.24) is 10.0 Å². The van der Waals surface area contributed by atoms with Crippen molar-refractivity contribution in [3.05, 3.63) is 94.0 Å². The lowest BCUT2D eigenvalue weighted by Crippen LogP contribution is -2.25. The Balaban J connectivity index is 1.70. The van der Waals surface area contributed by atoms with E-state index in [0.29, 0.717) is 5.75 Å². The molecule has 0 saturated heterocycles. The zero-order valence-corrected chi connectivity index (χ0v) is 18.7. The van der Waals surface area contributed by atoms with Crippen LogP contribution >= 0.6 is 15.9 Å². The second-order valence-corrected chi connectivity index (χ2v) is 9.16. The molecule has 0 saturated carbocycles. The molecule has 3 rings (SSSR count). The van der Waals surface area contributed by atoms with Gasteiger partial charge in [-0.15, -0.1) is 0 Å². The Morgan fingerprint density at radius 2 is 1.73 bits per heavy atom. The van der Waals surface area contributed by atoms with E-state index in [4.69, 9.17) is 4.74 Å². The third-order valence-corrected chi connectivity index (χ3v) is 6.29. The molecule has 0 aliphatic carbocycles. The number of sulfonamides is 1. The fourth-order valence-electron chi connectivity index (χ4n) is 2.82. The van der Waals surface area contributed by atoms with Crippen molar-refractivity contribution < 1.29 is 17.9 Å². The van der Waals surface area contributed by atoms with E-state index in [1.54, 1.807) is 25.3 Å². The van der Waals surface area contributed by atoms with E-state index in [0.717, 1.165) is 15.6 Å². The second kappa shape index (κ2) is 9.88. The molecular formula is C22H21BrN2O4S. The summed E-state index contributed by atoms with van der Waals surface area (Å²) in [5, 5.41) is 2.80. The average molecular weight is 489 g/mol. The minimum absolute atomic E-state index is 0.0334. The van der Waals surface area contributed by atoms with E-state index in [-0.39, 0.29) is 29.5 Å². The van der Waals surface area contributed by atoms with Crippen molar-refractivity contribution in [2.45, 2.75) is 18.0 Å². The number of hydrogen-bond donors (Lipinski definition) is 2. The molecule has 8 heteroatoms. The van der Waals surface area contributed by atoms with Gasteiger partial charge in [0.05, 0.1) is 12.0 Å². The third-order valence-electron chi connectivity index (χ3n) is 4.40. The molecular weight excluding hydrogens is 468 g/mol. The van der Waals surface area contributed by atoms with Gasteiger partial charge in [0, 0.05) is 28.7 Å². The molecule has 0 aliphatic rings. The summed E-state index contributed by atoms with van der Waals surface area (Å²) in [5.41, 5.74) is 1.90. The minimum Gasteiger partial charge on any atom is -0.496 e. The van der Waals surface area contributed by atoms with Gasteiger partial charge in [0.1, 0.15) is 5.75 Å². The molecule has 0 bridgehead atoms. The number of methoxy groups -OCH3 is 1. The standard InChI is InChI=1S/C22H21BrN2O4S/c1-29-21-11-10-19(23)12-18(21)15-24-22(26)17-8-5-9-20(13-17)30(27,28)25-14-16-6-3-2-4-7-16/h2-13,25H,14-15H2,1H3,(H,24,26). The molecule has 156 valence electrons. The number of halogens is 1. The van der Waals surface area contributed by atoms with Gasteiger partial charge in [0.15, 0.2) is 0 Å². The quantitative estimate of drug-likeness (QED) is 0.503. The molecule has 0 spiro atoms. The van der Waals surface area contributed by atoms with Gasteiger partial charge >= 0.3 is 0 Å². The number of rotatable bonds is 8. The van der Waals surface area contributed by atoms with Gasteiger partial charge in [-0.05, 0) is 42.0 Å². The normalized spacial score (nSPS) is 11.1. The van der Waals surface area contributed by atoms with Gasteiger partial charge in [0.2, 0.25) is 10.0 Å². The van der Waals surface area contributed by atoms with Gasteiger partial charge in [-0.25, -0.2) is 13.1 Å². The number of carbonyl (C=O) groups excluding carboxylic acids is 1. The summed E-state index contributed by atoms with van der Waals surface area (Å²) in [6.07, 6.45) is 0. The number of hydrogen-bond acceptors (Lipinski definition) is 4. The molecule has 0 aliphatic heterocycles. The van der Waals surface area contributed by atoms with Crippen LogP contribution in [0.3, 0.4) is 0 Å². The molecule has 0 unspecified atom stereocenters. The summed E-state index contributed by atoms with van der Waals surface area (Å²) >= 11 is 3.40. The molecule has 0 aromatic heterocycles. The highest BCUT2D eigenvalue weighted by atomic mass is 79.9. The first-order chi connectivity index (χ1) is 14.4. The van der Waals surface area contributed by atoms with Crippen LogP contribution in [0.4, 0.5) is 0 Å². The molecule has 6 nitrogen and oxygen atoms in total. The van der Waals surface area contributed by atoms with Crippen LogP contribution in [-0.4, -0.2) is 21.4 Å². The van der Waals surface area contributed by atoms with Crippen LogP contribution in [0.25, 0.3) is 0 Å². The summed E-state index contributed by atoms with van der Waals surface area (Å²) in [6.45, 7) is 0.410. The first-order valence-electron chi connectivity index (χ1n) is 9.13. The average Bonchev–Trinajstić information content (AvgIpc) is 2.77. The Morgan fingerprint density at radius 1 is 0.967 bits per heavy atom. The molecule has 1 amide bonds. The van der Waals surface area contributed by atoms with Crippen LogP contribution in [0.15, 0.2) is 82.2 Å². The maximum Gasteiger partial charge on any atom is 0.251 e. The number of nitrogens with one attached hydrogen (secondary N) is 2. The van der Waals surface area contributed by atoms with Crippen LogP contribution < -0.4 is 14.8 Å². The predicted octanol–water partition coefficient (Wildman–Crippen LogP) is 3.87. The zero-order chi connectivity index (χ0) is 21.6. The van der Waals surface area contributed by atoms with Crippen molar-refractivity contribution in [3.8, 4) is 5.75 Å². The lowest BCUT2D eigenvalue weighted by atomic mass is 10.1. The first kappa shape index (κ1) is 22.0. The van der Waals surface area contributed by atoms with Crippen molar-refractivity contribution in [2.75, 3.05) is 7.11 Å². The predicted molar refractivity (Wildman–Crippen MR) is 119 cm³/mol. The number of amides is 1. The molecule has 2 N–H and O–H groups in total. The smallest absolute Gasteiger partial charge is 0.251 e. The number of ether oxygens (including phenoxy) is 1. The summed E-state index contributed by atoms with van der Waals surface area (Å²) in [7, 11) is -2.19. The Labute approximate surface area is 184 Å². The minimum atomic E-state index is -3.75. The van der Waals surface area contributed by atoms with Crippen LogP contribution in [0.2, 0.25) is 0 Å². The van der Waals surface area contributed by atoms with E-state index in [9.17, 15) is 13.2 Å². The van der Waals surface area contributed by atoms with E-state index < -0.39 is 10.0 Å². The summed E-state index contributed by atoms with van der Waals surface area (Å²) < 4.78 is 34.0. The van der Waals surface area contributed by atoms with E-state index in [1.165, 1.54) is 12.1 Å². The highest BCUT2D eigenvalue weighted by molar-refractivity contribution is 9.10. The largest absolute Gasteiger partial charge is 0.496 e. The van der Waals surface area contributed by atoms with Crippen molar-refractivity contribution in [1.29, 1.82) is 0 Å². The SMILES string of the molecule is COc1ccc(Br)cc1CNC(=O)c1cccc(S(=O)(=O)NCc2ccccc2)c1. The van der Waals surface area contributed by atoms with Crippen molar-refractivity contribution in [3.63, 3.8) is 0 Å². The monoisotopic (exact) mass is 488 g/mol. The molecule has 0 atom stereocenters. The van der Waals surface area contributed by atoms with Gasteiger partial charge in [-0.3, -0.25) is 4.79 Å². The van der Waals surface area contributed by atoms with Crippen molar-refractivity contribution in [2.24, 2.45) is 0 Å². The van der Waals surface area contributed by atoms with Gasteiger partial charge < -0.3 is 10.1 Å². The lowest BCUT2D eigenvalue weighted by Gasteiger charge is -2.11. The fourth-order valence-corrected chi connectivity index (χ4v) is 4.30. The van der Waals surface area contributed by atoms with Crippen molar-refractivity contribution >= 4 is 31.9 Å². The maximum atomic E-state index is 12.6. The number of carbonyl (C=O) groups is 1.